The van der Waals surface area contributed by atoms with Crippen molar-refractivity contribution in [1.29, 1.82) is 0 Å². The summed E-state index contributed by atoms with van der Waals surface area (Å²) >= 11 is 0. The summed E-state index contributed by atoms with van der Waals surface area (Å²) in [7, 11) is -3.73. The van der Waals surface area contributed by atoms with Gasteiger partial charge in [-0.05, 0) is 43.7 Å². The van der Waals surface area contributed by atoms with Crippen LogP contribution in [0.5, 0.6) is 0 Å². The molecule has 7 nitrogen and oxygen atoms in total. The van der Waals surface area contributed by atoms with Crippen LogP contribution < -0.4 is 10.0 Å². The number of hydrogen-bond donors (Lipinski definition) is 2. The molecule has 2 N–H and O–H groups in total. The zero-order valence-corrected chi connectivity index (χ0v) is 18.0. The average Bonchev–Trinajstić information content (AvgIpc) is 3.06. The number of sulfonamides is 1. The van der Waals surface area contributed by atoms with Gasteiger partial charge in [-0.15, -0.1) is 24.8 Å². The van der Waals surface area contributed by atoms with E-state index in [0.29, 0.717) is 13.0 Å². The smallest absolute Gasteiger partial charge is 0.240 e. The molecular formula is C17H26Cl2FN5O2S. The molecule has 1 saturated heterocycles. The van der Waals surface area contributed by atoms with E-state index in [1.165, 1.54) is 16.8 Å². The molecule has 1 aromatic heterocycles. The van der Waals surface area contributed by atoms with Gasteiger partial charge >= 0.3 is 0 Å². The number of aromatic nitrogens is 2. The lowest BCUT2D eigenvalue weighted by molar-refractivity contribution is 0.239. The summed E-state index contributed by atoms with van der Waals surface area (Å²) in [6, 6.07) is 3.86. The van der Waals surface area contributed by atoms with Crippen LogP contribution in [0.1, 0.15) is 12.0 Å². The van der Waals surface area contributed by atoms with E-state index in [1.807, 2.05) is 6.92 Å². The van der Waals surface area contributed by atoms with Gasteiger partial charge in [0.15, 0.2) is 0 Å². The Morgan fingerprint density at radius 1 is 1.25 bits per heavy atom. The van der Waals surface area contributed by atoms with Crippen LogP contribution in [0.25, 0.3) is 5.69 Å². The molecule has 11 heteroatoms. The van der Waals surface area contributed by atoms with Gasteiger partial charge < -0.3 is 10.2 Å². The predicted molar refractivity (Wildman–Crippen MR) is 112 cm³/mol. The third kappa shape index (κ3) is 6.40. The fourth-order valence-electron chi connectivity index (χ4n) is 2.91. The molecule has 3 rings (SSSR count). The highest BCUT2D eigenvalue weighted by molar-refractivity contribution is 7.89. The van der Waals surface area contributed by atoms with Gasteiger partial charge in [-0.3, -0.25) is 0 Å². The maximum atomic E-state index is 14.3. The minimum Gasteiger partial charge on any atom is -0.314 e. The second-order valence-corrected chi connectivity index (χ2v) is 8.19. The maximum absolute atomic E-state index is 14.3. The van der Waals surface area contributed by atoms with Crippen LogP contribution in [0.3, 0.4) is 0 Å². The molecule has 0 radical (unpaired) electrons. The molecule has 0 atom stereocenters. The fourth-order valence-corrected chi connectivity index (χ4v) is 4.00. The Balaban J connectivity index is 0.00000196. The summed E-state index contributed by atoms with van der Waals surface area (Å²) in [5.41, 5.74) is 1.11. The lowest BCUT2D eigenvalue weighted by Gasteiger charge is -2.27. The summed E-state index contributed by atoms with van der Waals surface area (Å²) in [5, 5.41) is 7.33. The molecule has 0 saturated carbocycles. The third-order valence-electron chi connectivity index (χ3n) is 4.34. The van der Waals surface area contributed by atoms with E-state index in [0.717, 1.165) is 44.4 Å². The largest absolute Gasteiger partial charge is 0.314 e. The first kappa shape index (κ1) is 24.8. The third-order valence-corrected chi connectivity index (χ3v) is 5.80. The van der Waals surface area contributed by atoms with Gasteiger partial charge in [-0.2, -0.15) is 5.10 Å². The van der Waals surface area contributed by atoms with E-state index in [2.05, 4.69) is 20.0 Å². The van der Waals surface area contributed by atoms with E-state index in [4.69, 9.17) is 0 Å². The van der Waals surface area contributed by atoms with Crippen LogP contribution in [-0.4, -0.2) is 62.4 Å². The van der Waals surface area contributed by atoms with Crippen molar-refractivity contribution in [1.82, 2.24) is 24.7 Å². The number of hydrogen-bond acceptors (Lipinski definition) is 5. The van der Waals surface area contributed by atoms with Crippen molar-refractivity contribution in [3.8, 4) is 5.69 Å². The quantitative estimate of drug-likeness (QED) is 0.624. The zero-order chi connectivity index (χ0) is 18.6. The summed E-state index contributed by atoms with van der Waals surface area (Å²) in [6.45, 7) is 6.91. The number of halogens is 3. The molecule has 158 valence electrons. The van der Waals surface area contributed by atoms with Crippen molar-refractivity contribution < 1.29 is 12.8 Å². The first-order valence-electron chi connectivity index (χ1n) is 8.70. The second kappa shape index (κ2) is 11.1. The fraction of sp³-hybridized carbons (Fsp3) is 0.471. The van der Waals surface area contributed by atoms with E-state index in [1.54, 1.807) is 12.4 Å². The monoisotopic (exact) mass is 453 g/mol. The number of aryl methyl sites for hydroxylation is 1. The lowest BCUT2D eigenvalue weighted by Crippen LogP contribution is -2.44. The molecule has 2 aromatic rings. The summed E-state index contributed by atoms with van der Waals surface area (Å²) < 4.78 is 43.0. The molecule has 1 aliphatic heterocycles. The van der Waals surface area contributed by atoms with Crippen LogP contribution in [0, 0.1) is 12.7 Å². The van der Waals surface area contributed by atoms with E-state index >= 15 is 0 Å². The van der Waals surface area contributed by atoms with Gasteiger partial charge in [0.2, 0.25) is 10.0 Å². The molecule has 0 unspecified atom stereocenters. The van der Waals surface area contributed by atoms with Crippen molar-refractivity contribution in [3.63, 3.8) is 0 Å². The van der Waals surface area contributed by atoms with E-state index < -0.39 is 15.8 Å². The zero-order valence-electron chi connectivity index (χ0n) is 15.6. The van der Waals surface area contributed by atoms with Gasteiger partial charge in [0.1, 0.15) is 11.5 Å². The molecule has 0 aliphatic carbocycles. The molecule has 0 amide bonds. The van der Waals surface area contributed by atoms with Gasteiger partial charge in [0.25, 0.3) is 0 Å². The van der Waals surface area contributed by atoms with Gasteiger partial charge in [-0.1, -0.05) is 0 Å². The Labute approximate surface area is 177 Å². The standard InChI is InChI=1S/C17H24FN5O2S.2ClH/c1-14-12-20-23(13-14)17-4-3-15(11-16(17)18)26(24,25)21-5-2-8-22-9-6-19-7-10-22;;/h3-4,11-13,19,21H,2,5-10H2,1H3;2*1H. The molecule has 0 bridgehead atoms. The van der Waals surface area contributed by atoms with Gasteiger partial charge in [0.05, 0.1) is 11.1 Å². The Kier molecular flexibility index (Phi) is 9.82. The average molecular weight is 454 g/mol. The number of rotatable bonds is 7. The minimum atomic E-state index is -3.73. The van der Waals surface area contributed by atoms with Gasteiger partial charge in [-0.25, -0.2) is 22.2 Å². The van der Waals surface area contributed by atoms with E-state index in [-0.39, 0.29) is 35.4 Å². The summed E-state index contributed by atoms with van der Waals surface area (Å²) in [6.07, 6.45) is 4.01. The highest BCUT2D eigenvalue weighted by Gasteiger charge is 2.17. The summed E-state index contributed by atoms with van der Waals surface area (Å²) in [5.74, 6) is -0.628. The first-order valence-corrected chi connectivity index (χ1v) is 10.2. The Morgan fingerprint density at radius 3 is 2.57 bits per heavy atom. The van der Waals surface area contributed by atoms with Crippen LogP contribution in [0.2, 0.25) is 0 Å². The summed E-state index contributed by atoms with van der Waals surface area (Å²) in [4.78, 5) is 2.22. The molecule has 1 aromatic carbocycles. The Bertz CT molecular complexity index is 857. The molecule has 28 heavy (non-hydrogen) atoms. The van der Waals surface area contributed by atoms with Crippen LogP contribution >= 0.6 is 24.8 Å². The number of nitrogens with zero attached hydrogens (tertiary/aromatic N) is 3. The maximum Gasteiger partial charge on any atom is 0.240 e. The van der Waals surface area contributed by atoms with Crippen molar-refractivity contribution >= 4 is 34.8 Å². The number of nitrogens with one attached hydrogen (secondary N) is 2. The minimum absolute atomic E-state index is 0. The highest BCUT2D eigenvalue weighted by atomic mass is 35.5. The van der Waals surface area contributed by atoms with Crippen LogP contribution in [0.4, 0.5) is 4.39 Å². The Morgan fingerprint density at radius 2 is 1.96 bits per heavy atom. The Hall–Kier alpha value is -1.23. The topological polar surface area (TPSA) is 79.3 Å². The van der Waals surface area contributed by atoms with Crippen molar-refractivity contribution in [3.05, 3.63) is 42.0 Å². The van der Waals surface area contributed by atoms with Crippen LogP contribution in [-0.2, 0) is 10.0 Å². The molecular weight excluding hydrogens is 428 g/mol. The highest BCUT2D eigenvalue weighted by Crippen LogP contribution is 2.18. The van der Waals surface area contributed by atoms with Crippen LogP contribution in [0.15, 0.2) is 35.5 Å². The molecule has 1 fully saturated rings. The molecule has 0 spiro atoms. The van der Waals surface area contributed by atoms with Gasteiger partial charge in [0, 0.05) is 38.9 Å². The number of piperazine rings is 1. The second-order valence-electron chi connectivity index (χ2n) is 6.42. The molecule has 1 aliphatic rings. The van der Waals surface area contributed by atoms with Crippen molar-refractivity contribution in [2.45, 2.75) is 18.2 Å². The normalized spacial score (nSPS) is 14.9. The van der Waals surface area contributed by atoms with E-state index in [9.17, 15) is 12.8 Å². The first-order chi connectivity index (χ1) is 12.5. The van der Waals surface area contributed by atoms with Crippen molar-refractivity contribution in [2.24, 2.45) is 0 Å². The SMILES string of the molecule is Cc1cnn(-c2ccc(S(=O)(=O)NCCCN3CCNCC3)cc2F)c1.Cl.Cl. The molecule has 2 heterocycles. The number of benzene rings is 1. The predicted octanol–water partition coefficient (Wildman–Crippen LogP) is 1.74. The van der Waals surface area contributed by atoms with Crippen molar-refractivity contribution in [2.75, 3.05) is 39.3 Å². The lowest BCUT2D eigenvalue weighted by atomic mass is 10.3.